The van der Waals surface area contributed by atoms with E-state index < -0.39 is 34.9 Å². The number of hydrogen-bond donors (Lipinski definition) is 4. The molecule has 2 atom stereocenters. The summed E-state index contributed by atoms with van der Waals surface area (Å²) in [5.41, 5.74) is -0.336. The van der Waals surface area contributed by atoms with Crippen LogP contribution in [0.5, 0.6) is 0 Å². The van der Waals surface area contributed by atoms with Gasteiger partial charge in [-0.3, -0.25) is 15.1 Å². The number of carbonyl (C=O) groups excluding carboxylic acids is 1. The van der Waals surface area contributed by atoms with Gasteiger partial charge < -0.3 is 15.7 Å². The number of nitrogens with one attached hydrogen (secondary N) is 3. The van der Waals surface area contributed by atoms with E-state index in [-0.39, 0.29) is 27.2 Å². The average molecular weight is 585 g/mol. The number of carbonyl (C=O) groups is 1. The maximum Gasteiger partial charge on any atom is 0.418 e. The third-order valence-electron chi connectivity index (χ3n) is 4.95. The zero-order chi connectivity index (χ0) is 27.4. The molecule has 1 unspecified atom stereocenters. The minimum atomic E-state index is -4.71. The molecule has 0 aromatic carbocycles. The number of amides is 1. The zero-order valence-corrected chi connectivity index (χ0v) is 21.5. The third kappa shape index (κ3) is 6.52. The van der Waals surface area contributed by atoms with Crippen molar-refractivity contribution in [2.45, 2.75) is 25.4 Å². The van der Waals surface area contributed by atoms with E-state index in [1.54, 1.807) is 31.5 Å². The summed E-state index contributed by atoms with van der Waals surface area (Å²) < 4.78 is 39.2. The van der Waals surface area contributed by atoms with Gasteiger partial charge in [-0.25, -0.2) is 19.9 Å². The number of hydrogen-bond acceptors (Lipinski definition) is 10. The van der Waals surface area contributed by atoms with Crippen LogP contribution >= 0.6 is 34.5 Å². The van der Waals surface area contributed by atoms with E-state index in [9.17, 15) is 23.1 Å². The molecule has 10 nitrogen and oxygen atoms in total. The molecule has 4 rings (SSSR count). The molecule has 0 fully saturated rings. The van der Waals surface area contributed by atoms with Crippen molar-refractivity contribution in [2.75, 3.05) is 10.6 Å². The predicted octanol–water partition coefficient (Wildman–Crippen LogP) is 5.39. The molecule has 0 aliphatic carbocycles. The molecular formula is C22H17Cl2F3N8O2S. The number of aliphatic hydroxyl groups is 1. The highest BCUT2D eigenvalue weighted by Gasteiger charge is 2.34. The van der Waals surface area contributed by atoms with Crippen LogP contribution in [0.4, 0.5) is 30.5 Å². The molecule has 198 valence electrons. The topological polar surface area (TPSA) is 138 Å². The molecule has 1 amide bonds. The Morgan fingerprint density at radius 1 is 1.11 bits per heavy atom. The number of aromatic nitrogens is 5. The number of anilines is 3. The summed E-state index contributed by atoms with van der Waals surface area (Å²) in [6, 6.07) is 3.50. The van der Waals surface area contributed by atoms with Gasteiger partial charge in [-0.15, -0.1) is 11.3 Å². The number of aliphatic hydroxyl groups excluding tert-OH is 1. The molecule has 0 saturated heterocycles. The third-order valence-corrected chi connectivity index (χ3v) is 6.80. The van der Waals surface area contributed by atoms with Crippen LogP contribution in [0, 0.1) is 0 Å². The van der Waals surface area contributed by atoms with Crippen molar-refractivity contribution >= 4 is 57.8 Å². The van der Waals surface area contributed by atoms with Crippen LogP contribution in [0.1, 0.15) is 45.1 Å². The van der Waals surface area contributed by atoms with Gasteiger partial charge in [0.25, 0.3) is 5.91 Å². The molecular weight excluding hydrogens is 568 g/mol. The van der Waals surface area contributed by atoms with Crippen molar-refractivity contribution in [1.29, 1.82) is 0 Å². The summed E-state index contributed by atoms with van der Waals surface area (Å²) in [5.74, 6) is -0.762. The SMILES string of the molecule is C[C@H](NC(O)c1ncnc(Nc2ccncc2)c1Cl)c1ncc(C(=O)Nc2cc(C(F)(F)F)c(Cl)cn2)s1. The lowest BCUT2D eigenvalue weighted by Gasteiger charge is -2.18. The quantitative estimate of drug-likeness (QED) is 0.201. The van der Waals surface area contributed by atoms with Crippen LogP contribution in [0.3, 0.4) is 0 Å². The van der Waals surface area contributed by atoms with Crippen molar-refractivity contribution in [1.82, 2.24) is 30.2 Å². The molecule has 0 aliphatic rings. The van der Waals surface area contributed by atoms with Crippen LogP contribution in [0.25, 0.3) is 0 Å². The molecule has 0 saturated carbocycles. The van der Waals surface area contributed by atoms with E-state index in [1.165, 1.54) is 12.5 Å². The smallest absolute Gasteiger partial charge is 0.373 e. The average Bonchev–Trinajstić information content (AvgIpc) is 3.37. The number of rotatable bonds is 8. The van der Waals surface area contributed by atoms with Gasteiger partial charge in [0.05, 0.1) is 22.8 Å². The molecule has 0 bridgehead atoms. The van der Waals surface area contributed by atoms with Crippen molar-refractivity contribution in [3.63, 3.8) is 0 Å². The predicted molar refractivity (Wildman–Crippen MR) is 135 cm³/mol. The van der Waals surface area contributed by atoms with Crippen LogP contribution in [0.15, 0.2) is 49.3 Å². The standard InChI is InChI=1S/C22H17Cl2F3N8O2S/c1-10(33-20(37)17-16(24)18(32-9-31-17)34-11-2-4-28-5-3-11)21-30-8-14(38-21)19(36)35-15-6-12(22(25,26)27)13(23)7-29-15/h2-10,20,33,37H,1H3,(H,29,35,36)(H,28,31,32,34)/t10-,20?/m0/s1. The number of halogens is 5. The molecule has 4 aromatic heterocycles. The first-order valence-corrected chi connectivity index (χ1v) is 12.2. The number of thiazole rings is 1. The molecule has 0 radical (unpaired) electrons. The molecule has 4 N–H and O–H groups in total. The highest BCUT2D eigenvalue weighted by atomic mass is 35.5. The Morgan fingerprint density at radius 2 is 1.84 bits per heavy atom. The molecule has 0 aliphatic heterocycles. The second-order valence-electron chi connectivity index (χ2n) is 7.64. The Kier molecular flexibility index (Phi) is 8.38. The fraction of sp³-hybridized carbons (Fsp3) is 0.182. The van der Waals surface area contributed by atoms with Crippen molar-refractivity contribution < 1.29 is 23.1 Å². The van der Waals surface area contributed by atoms with Gasteiger partial charge in [0.2, 0.25) is 0 Å². The van der Waals surface area contributed by atoms with Gasteiger partial charge in [-0.2, -0.15) is 13.2 Å². The molecule has 0 spiro atoms. The van der Waals surface area contributed by atoms with E-state index in [0.717, 1.165) is 17.5 Å². The summed E-state index contributed by atoms with van der Waals surface area (Å²) in [6.07, 6.45) is 0.452. The van der Waals surface area contributed by atoms with Crippen LogP contribution < -0.4 is 16.0 Å². The summed E-state index contributed by atoms with van der Waals surface area (Å²) in [7, 11) is 0. The Labute approximate surface area is 227 Å². The first kappa shape index (κ1) is 27.6. The first-order valence-electron chi connectivity index (χ1n) is 10.6. The monoisotopic (exact) mass is 584 g/mol. The fourth-order valence-electron chi connectivity index (χ4n) is 3.12. The second kappa shape index (κ2) is 11.5. The summed E-state index contributed by atoms with van der Waals surface area (Å²) in [4.78, 5) is 32.6. The first-order chi connectivity index (χ1) is 18.0. The number of nitrogens with zero attached hydrogens (tertiary/aromatic N) is 5. The van der Waals surface area contributed by atoms with E-state index in [1.807, 2.05) is 0 Å². The summed E-state index contributed by atoms with van der Waals surface area (Å²) in [6.45, 7) is 1.69. The van der Waals surface area contributed by atoms with Crippen molar-refractivity contribution in [3.05, 3.63) is 80.5 Å². The van der Waals surface area contributed by atoms with Gasteiger partial charge in [-0.1, -0.05) is 23.2 Å². The Hall–Kier alpha value is -3.43. The molecule has 38 heavy (non-hydrogen) atoms. The summed E-state index contributed by atoms with van der Waals surface area (Å²) in [5, 5.41) is 18.8. The number of alkyl halides is 3. The van der Waals surface area contributed by atoms with Crippen LogP contribution in [-0.4, -0.2) is 35.9 Å². The maximum absolute atomic E-state index is 13.1. The molecule has 4 heterocycles. The number of pyridine rings is 2. The highest BCUT2D eigenvalue weighted by molar-refractivity contribution is 7.13. The lowest BCUT2D eigenvalue weighted by atomic mass is 10.2. The van der Waals surface area contributed by atoms with Gasteiger partial charge in [-0.05, 0) is 25.1 Å². The Morgan fingerprint density at radius 3 is 2.55 bits per heavy atom. The minimum absolute atomic E-state index is 0.0874. The lowest BCUT2D eigenvalue weighted by molar-refractivity contribution is -0.137. The van der Waals surface area contributed by atoms with Gasteiger partial charge in [0.1, 0.15) is 39.0 Å². The van der Waals surface area contributed by atoms with E-state index >= 15 is 0 Å². The molecule has 16 heteroatoms. The van der Waals surface area contributed by atoms with Crippen LogP contribution in [-0.2, 0) is 6.18 Å². The van der Waals surface area contributed by atoms with Crippen LogP contribution in [0.2, 0.25) is 10.0 Å². The highest BCUT2D eigenvalue weighted by Crippen LogP contribution is 2.35. The normalized spacial score (nSPS) is 13.1. The largest absolute Gasteiger partial charge is 0.418 e. The van der Waals surface area contributed by atoms with Gasteiger partial charge in [0, 0.05) is 24.3 Å². The maximum atomic E-state index is 13.1. The van der Waals surface area contributed by atoms with E-state index in [4.69, 9.17) is 23.2 Å². The second-order valence-corrected chi connectivity index (χ2v) is 9.48. The Balaban J connectivity index is 1.42. The fourth-order valence-corrected chi connectivity index (χ4v) is 4.40. The molecule has 4 aromatic rings. The zero-order valence-electron chi connectivity index (χ0n) is 19.2. The lowest BCUT2D eigenvalue weighted by Crippen LogP contribution is -2.25. The van der Waals surface area contributed by atoms with E-state index in [2.05, 4.69) is 40.9 Å². The summed E-state index contributed by atoms with van der Waals surface area (Å²) >= 11 is 12.9. The van der Waals surface area contributed by atoms with Crippen molar-refractivity contribution in [3.8, 4) is 0 Å². The minimum Gasteiger partial charge on any atom is -0.373 e. The van der Waals surface area contributed by atoms with E-state index in [0.29, 0.717) is 16.8 Å². The Bertz CT molecular complexity index is 1440. The van der Waals surface area contributed by atoms with Crippen molar-refractivity contribution in [2.24, 2.45) is 0 Å². The van der Waals surface area contributed by atoms with Gasteiger partial charge in [0.15, 0.2) is 5.82 Å². The van der Waals surface area contributed by atoms with Gasteiger partial charge >= 0.3 is 6.18 Å².